The Bertz CT molecular complexity index is 303. The fourth-order valence-electron chi connectivity index (χ4n) is 1.13. The summed E-state index contributed by atoms with van der Waals surface area (Å²) in [7, 11) is 1.67. The lowest BCUT2D eigenvalue weighted by Gasteiger charge is -2.05. The van der Waals surface area contributed by atoms with Crippen LogP contribution in [0.1, 0.15) is 19.4 Å². The predicted molar refractivity (Wildman–Crippen MR) is 63.7 cm³/mol. The Morgan fingerprint density at radius 3 is 2.19 bits per heavy atom. The van der Waals surface area contributed by atoms with Crippen LogP contribution in [0.2, 0.25) is 0 Å². The first-order valence-corrected chi connectivity index (χ1v) is 5.03. The van der Waals surface area contributed by atoms with E-state index in [2.05, 4.69) is 0 Å². The summed E-state index contributed by atoms with van der Waals surface area (Å²) in [6.45, 7) is 3.09. The first kappa shape index (κ1) is 14.5. The van der Waals surface area contributed by atoms with Gasteiger partial charge in [0.2, 0.25) is 0 Å². The zero-order chi connectivity index (χ0) is 12.6. The minimum absolute atomic E-state index is 0.221. The summed E-state index contributed by atoms with van der Waals surface area (Å²) in [6, 6.07) is 8.22. The van der Waals surface area contributed by atoms with Crippen LogP contribution in [-0.4, -0.2) is 24.2 Å². The number of hydrogen-bond acceptors (Lipinski definition) is 3. The van der Waals surface area contributed by atoms with Gasteiger partial charge in [-0.05, 0) is 31.0 Å². The molecule has 0 heterocycles. The molecule has 0 aliphatic carbocycles. The number of carboxylic acids is 1. The number of nitrogens with two attached hydrogens (primary N) is 1. The van der Waals surface area contributed by atoms with E-state index in [0.29, 0.717) is 0 Å². The smallest absolute Gasteiger partial charge is 0.300 e. The SMILES string of the molecule is CC(=O)O.COc1ccc(CC(C)N)cc1. The fourth-order valence-corrected chi connectivity index (χ4v) is 1.13. The zero-order valence-corrected chi connectivity index (χ0v) is 9.93. The summed E-state index contributed by atoms with van der Waals surface area (Å²) in [5.41, 5.74) is 6.92. The fraction of sp³-hybridized carbons (Fsp3) is 0.417. The van der Waals surface area contributed by atoms with Crippen molar-refractivity contribution in [2.45, 2.75) is 26.3 Å². The van der Waals surface area contributed by atoms with E-state index in [1.54, 1.807) is 7.11 Å². The maximum atomic E-state index is 9.00. The molecule has 0 aromatic heterocycles. The molecule has 0 aliphatic rings. The van der Waals surface area contributed by atoms with Gasteiger partial charge in [-0.2, -0.15) is 0 Å². The van der Waals surface area contributed by atoms with Gasteiger partial charge in [-0.3, -0.25) is 4.79 Å². The van der Waals surface area contributed by atoms with Crippen molar-refractivity contribution in [3.05, 3.63) is 29.8 Å². The number of methoxy groups -OCH3 is 1. The van der Waals surface area contributed by atoms with Crippen molar-refractivity contribution in [1.82, 2.24) is 0 Å². The van der Waals surface area contributed by atoms with E-state index in [-0.39, 0.29) is 6.04 Å². The Balaban J connectivity index is 0.000000487. The van der Waals surface area contributed by atoms with Crippen molar-refractivity contribution >= 4 is 5.97 Å². The molecular formula is C12H19NO3. The summed E-state index contributed by atoms with van der Waals surface area (Å²) in [5, 5.41) is 7.42. The van der Waals surface area contributed by atoms with Crippen LogP contribution in [-0.2, 0) is 11.2 Å². The second-order valence-corrected chi connectivity index (χ2v) is 3.55. The first-order valence-electron chi connectivity index (χ1n) is 5.03. The highest BCUT2D eigenvalue weighted by atomic mass is 16.5. The van der Waals surface area contributed by atoms with E-state index in [0.717, 1.165) is 19.1 Å². The zero-order valence-electron chi connectivity index (χ0n) is 9.93. The molecule has 0 spiro atoms. The topological polar surface area (TPSA) is 72.5 Å². The molecule has 0 saturated heterocycles. The maximum Gasteiger partial charge on any atom is 0.300 e. The van der Waals surface area contributed by atoms with Crippen LogP contribution >= 0.6 is 0 Å². The second-order valence-electron chi connectivity index (χ2n) is 3.55. The highest BCUT2D eigenvalue weighted by molar-refractivity contribution is 5.62. The predicted octanol–water partition coefficient (Wildman–Crippen LogP) is 1.68. The van der Waals surface area contributed by atoms with E-state index < -0.39 is 5.97 Å². The van der Waals surface area contributed by atoms with Gasteiger partial charge < -0.3 is 15.6 Å². The number of rotatable bonds is 3. The van der Waals surface area contributed by atoms with E-state index in [4.69, 9.17) is 20.4 Å². The Hall–Kier alpha value is -1.55. The van der Waals surface area contributed by atoms with Crippen LogP contribution in [0.3, 0.4) is 0 Å². The van der Waals surface area contributed by atoms with E-state index in [9.17, 15) is 0 Å². The number of hydrogen-bond donors (Lipinski definition) is 2. The molecule has 0 fully saturated rings. The van der Waals surface area contributed by atoms with Crippen LogP contribution in [0.4, 0.5) is 0 Å². The van der Waals surface area contributed by atoms with Gasteiger partial charge in [0.25, 0.3) is 5.97 Å². The Morgan fingerprint density at radius 1 is 1.44 bits per heavy atom. The lowest BCUT2D eigenvalue weighted by Crippen LogP contribution is -2.17. The van der Waals surface area contributed by atoms with E-state index >= 15 is 0 Å². The number of ether oxygens (including phenoxy) is 1. The second kappa shape index (κ2) is 7.70. The van der Waals surface area contributed by atoms with Gasteiger partial charge in [-0.1, -0.05) is 12.1 Å². The molecule has 3 N–H and O–H groups in total. The van der Waals surface area contributed by atoms with Gasteiger partial charge in [-0.25, -0.2) is 0 Å². The average Bonchev–Trinajstić information content (AvgIpc) is 2.17. The van der Waals surface area contributed by atoms with Crippen molar-refractivity contribution in [2.24, 2.45) is 5.73 Å². The standard InChI is InChI=1S/C10H15NO.C2H4O2/c1-8(11)7-9-3-5-10(12-2)6-4-9;1-2(3)4/h3-6,8H,7,11H2,1-2H3;1H3,(H,3,4). The summed E-state index contributed by atoms with van der Waals surface area (Å²) in [4.78, 5) is 9.00. The monoisotopic (exact) mass is 225 g/mol. The van der Waals surface area contributed by atoms with Crippen molar-refractivity contribution in [3.8, 4) is 5.75 Å². The van der Waals surface area contributed by atoms with Gasteiger partial charge in [-0.15, -0.1) is 0 Å². The summed E-state index contributed by atoms with van der Waals surface area (Å²) in [6.07, 6.45) is 0.921. The molecule has 4 nitrogen and oxygen atoms in total. The quantitative estimate of drug-likeness (QED) is 0.820. The van der Waals surface area contributed by atoms with Crippen LogP contribution in [0.5, 0.6) is 5.75 Å². The molecule has 4 heteroatoms. The van der Waals surface area contributed by atoms with E-state index in [1.165, 1.54) is 5.56 Å². The van der Waals surface area contributed by atoms with Crippen molar-refractivity contribution in [3.63, 3.8) is 0 Å². The molecule has 1 atom stereocenters. The largest absolute Gasteiger partial charge is 0.497 e. The molecule has 0 amide bonds. The molecule has 0 aliphatic heterocycles. The molecular weight excluding hydrogens is 206 g/mol. The third-order valence-corrected chi connectivity index (χ3v) is 1.72. The van der Waals surface area contributed by atoms with E-state index in [1.807, 2.05) is 31.2 Å². The average molecular weight is 225 g/mol. The Kier molecular flexibility index (Phi) is 6.96. The van der Waals surface area contributed by atoms with Gasteiger partial charge in [0.05, 0.1) is 7.11 Å². The minimum atomic E-state index is -0.833. The minimum Gasteiger partial charge on any atom is -0.497 e. The highest BCUT2D eigenvalue weighted by Crippen LogP contribution is 2.11. The molecule has 1 rings (SSSR count). The van der Waals surface area contributed by atoms with Crippen LogP contribution in [0.25, 0.3) is 0 Å². The Morgan fingerprint density at radius 2 is 1.88 bits per heavy atom. The van der Waals surface area contributed by atoms with Crippen molar-refractivity contribution in [2.75, 3.05) is 7.11 Å². The van der Waals surface area contributed by atoms with Gasteiger partial charge in [0.1, 0.15) is 5.75 Å². The molecule has 0 bridgehead atoms. The van der Waals surface area contributed by atoms with Gasteiger partial charge in [0, 0.05) is 13.0 Å². The number of carbonyl (C=O) groups is 1. The Labute approximate surface area is 96.0 Å². The number of carboxylic acid groups (broad SMARTS) is 1. The maximum absolute atomic E-state index is 9.00. The summed E-state index contributed by atoms with van der Waals surface area (Å²) < 4.78 is 5.04. The molecule has 1 aromatic carbocycles. The first-order chi connectivity index (χ1) is 7.45. The molecule has 0 radical (unpaired) electrons. The summed E-state index contributed by atoms with van der Waals surface area (Å²) >= 11 is 0. The van der Waals surface area contributed by atoms with Crippen LogP contribution in [0, 0.1) is 0 Å². The molecule has 16 heavy (non-hydrogen) atoms. The third-order valence-electron chi connectivity index (χ3n) is 1.72. The molecule has 90 valence electrons. The van der Waals surface area contributed by atoms with Gasteiger partial charge in [0.15, 0.2) is 0 Å². The lowest BCUT2D eigenvalue weighted by atomic mass is 10.1. The number of benzene rings is 1. The van der Waals surface area contributed by atoms with Gasteiger partial charge >= 0.3 is 0 Å². The molecule has 1 unspecified atom stereocenters. The van der Waals surface area contributed by atoms with Crippen LogP contribution in [0.15, 0.2) is 24.3 Å². The normalized spacial score (nSPS) is 11.0. The highest BCUT2D eigenvalue weighted by Gasteiger charge is 1.97. The summed E-state index contributed by atoms with van der Waals surface area (Å²) in [5.74, 6) is 0.0587. The third kappa shape index (κ3) is 7.82. The molecule has 0 saturated carbocycles. The number of aliphatic carboxylic acids is 1. The molecule has 1 aromatic rings. The van der Waals surface area contributed by atoms with Crippen molar-refractivity contribution < 1.29 is 14.6 Å². The van der Waals surface area contributed by atoms with Crippen LogP contribution < -0.4 is 10.5 Å². The van der Waals surface area contributed by atoms with Crippen molar-refractivity contribution in [1.29, 1.82) is 0 Å². The lowest BCUT2D eigenvalue weighted by molar-refractivity contribution is -0.134.